The third kappa shape index (κ3) is 4.18. The van der Waals surface area contributed by atoms with Crippen molar-refractivity contribution in [1.29, 1.82) is 0 Å². The summed E-state index contributed by atoms with van der Waals surface area (Å²) in [6.07, 6.45) is 1.99. The first-order valence-corrected chi connectivity index (χ1v) is 8.01. The molecule has 0 amide bonds. The fourth-order valence-electron chi connectivity index (χ4n) is 2.38. The Bertz CT molecular complexity index is 552. The van der Waals surface area contributed by atoms with Crippen molar-refractivity contribution in [3.63, 3.8) is 0 Å². The van der Waals surface area contributed by atoms with Crippen molar-refractivity contribution in [2.45, 2.75) is 47.1 Å². The summed E-state index contributed by atoms with van der Waals surface area (Å²) in [6.45, 7) is 10.8. The van der Waals surface area contributed by atoms with E-state index in [0.717, 1.165) is 37.3 Å². The maximum atomic E-state index is 4.69. The van der Waals surface area contributed by atoms with Crippen LogP contribution >= 0.6 is 0 Å². The SMILES string of the molecule is CCc1cc(CC)n(-c2ccc(CNCC(C)C)cc2)n1. The van der Waals surface area contributed by atoms with Gasteiger partial charge < -0.3 is 5.32 Å². The van der Waals surface area contributed by atoms with Gasteiger partial charge in [0.25, 0.3) is 0 Å². The van der Waals surface area contributed by atoms with E-state index in [9.17, 15) is 0 Å². The summed E-state index contributed by atoms with van der Waals surface area (Å²) in [4.78, 5) is 0. The molecule has 0 unspecified atom stereocenters. The first kappa shape index (κ1) is 15.8. The normalized spacial score (nSPS) is 11.3. The molecule has 0 radical (unpaired) electrons. The highest BCUT2D eigenvalue weighted by Crippen LogP contribution is 2.15. The molecule has 1 heterocycles. The number of aryl methyl sites for hydroxylation is 2. The van der Waals surface area contributed by atoms with Crippen LogP contribution in [0, 0.1) is 5.92 Å². The zero-order valence-electron chi connectivity index (χ0n) is 13.7. The summed E-state index contributed by atoms with van der Waals surface area (Å²) in [6, 6.07) is 10.9. The Morgan fingerprint density at radius 1 is 1.10 bits per heavy atom. The molecule has 0 saturated carbocycles. The van der Waals surface area contributed by atoms with Gasteiger partial charge in [-0.15, -0.1) is 0 Å². The maximum Gasteiger partial charge on any atom is 0.0649 e. The largest absolute Gasteiger partial charge is 0.312 e. The van der Waals surface area contributed by atoms with Gasteiger partial charge in [0, 0.05) is 12.2 Å². The average Bonchev–Trinajstić information content (AvgIpc) is 2.91. The van der Waals surface area contributed by atoms with E-state index in [1.807, 2.05) is 0 Å². The number of aromatic nitrogens is 2. The van der Waals surface area contributed by atoms with Crippen LogP contribution in [0.2, 0.25) is 0 Å². The first-order chi connectivity index (χ1) is 10.1. The molecule has 3 heteroatoms. The Morgan fingerprint density at radius 2 is 1.81 bits per heavy atom. The second kappa shape index (κ2) is 7.41. The lowest BCUT2D eigenvalue weighted by atomic mass is 10.2. The summed E-state index contributed by atoms with van der Waals surface area (Å²) in [5.41, 5.74) is 4.91. The van der Waals surface area contributed by atoms with Gasteiger partial charge in [0.2, 0.25) is 0 Å². The topological polar surface area (TPSA) is 29.9 Å². The number of nitrogens with one attached hydrogen (secondary N) is 1. The molecular formula is C18H27N3. The van der Waals surface area contributed by atoms with Gasteiger partial charge >= 0.3 is 0 Å². The third-order valence-electron chi connectivity index (χ3n) is 3.62. The molecule has 0 bridgehead atoms. The minimum Gasteiger partial charge on any atom is -0.312 e. The maximum absolute atomic E-state index is 4.69. The van der Waals surface area contributed by atoms with Crippen LogP contribution in [0.5, 0.6) is 0 Å². The summed E-state index contributed by atoms with van der Waals surface area (Å²) in [7, 11) is 0. The van der Waals surface area contributed by atoms with Gasteiger partial charge in [-0.2, -0.15) is 5.10 Å². The van der Waals surface area contributed by atoms with Crippen LogP contribution in [0.3, 0.4) is 0 Å². The molecule has 0 atom stereocenters. The molecule has 0 spiro atoms. The zero-order valence-corrected chi connectivity index (χ0v) is 13.7. The van der Waals surface area contributed by atoms with Crippen LogP contribution in [0.15, 0.2) is 30.3 Å². The Kier molecular flexibility index (Phi) is 5.57. The lowest BCUT2D eigenvalue weighted by Crippen LogP contribution is -2.18. The second-order valence-corrected chi connectivity index (χ2v) is 5.94. The molecule has 1 N–H and O–H groups in total. The van der Waals surface area contributed by atoms with Gasteiger partial charge in [0.05, 0.1) is 11.4 Å². The smallest absolute Gasteiger partial charge is 0.0649 e. The van der Waals surface area contributed by atoms with Crippen molar-refractivity contribution < 1.29 is 0 Å². The molecule has 0 aliphatic heterocycles. The molecule has 0 aliphatic rings. The zero-order chi connectivity index (χ0) is 15.2. The minimum absolute atomic E-state index is 0.688. The number of rotatable bonds is 7. The lowest BCUT2D eigenvalue weighted by molar-refractivity contribution is 0.552. The molecule has 3 nitrogen and oxygen atoms in total. The van der Waals surface area contributed by atoms with Crippen LogP contribution < -0.4 is 5.32 Å². The number of nitrogens with zero attached hydrogens (tertiary/aromatic N) is 2. The number of hydrogen-bond donors (Lipinski definition) is 1. The monoisotopic (exact) mass is 285 g/mol. The fourth-order valence-corrected chi connectivity index (χ4v) is 2.38. The van der Waals surface area contributed by atoms with Gasteiger partial charge in [-0.3, -0.25) is 0 Å². The Morgan fingerprint density at radius 3 is 2.38 bits per heavy atom. The quantitative estimate of drug-likeness (QED) is 0.840. The van der Waals surface area contributed by atoms with Gasteiger partial charge in [0.15, 0.2) is 0 Å². The number of benzene rings is 1. The minimum atomic E-state index is 0.688. The Balaban J connectivity index is 2.09. The highest BCUT2D eigenvalue weighted by molar-refractivity contribution is 5.36. The van der Waals surface area contributed by atoms with Crippen molar-refractivity contribution >= 4 is 0 Å². The standard InChI is InChI=1S/C18H27N3/c1-5-16-11-17(6-2)21(20-16)18-9-7-15(8-10-18)13-19-12-14(3)4/h7-11,14,19H,5-6,12-13H2,1-4H3. The summed E-state index contributed by atoms with van der Waals surface area (Å²) < 4.78 is 2.07. The van der Waals surface area contributed by atoms with Crippen molar-refractivity contribution in [1.82, 2.24) is 15.1 Å². The molecular weight excluding hydrogens is 258 g/mol. The van der Waals surface area contributed by atoms with Gasteiger partial charge in [0.1, 0.15) is 0 Å². The molecule has 114 valence electrons. The number of hydrogen-bond acceptors (Lipinski definition) is 2. The van der Waals surface area contributed by atoms with Crippen molar-refractivity contribution in [2.24, 2.45) is 5.92 Å². The predicted octanol–water partition coefficient (Wildman–Crippen LogP) is 3.74. The predicted molar refractivity (Wildman–Crippen MR) is 88.9 cm³/mol. The van der Waals surface area contributed by atoms with Crippen molar-refractivity contribution in [2.75, 3.05) is 6.54 Å². The Labute approximate surface area is 128 Å². The van der Waals surface area contributed by atoms with Crippen molar-refractivity contribution in [3.05, 3.63) is 47.3 Å². The average molecular weight is 285 g/mol. The molecule has 0 aliphatic carbocycles. The highest BCUT2D eigenvalue weighted by Gasteiger charge is 2.07. The molecule has 1 aromatic heterocycles. The van der Waals surface area contributed by atoms with E-state index < -0.39 is 0 Å². The summed E-state index contributed by atoms with van der Waals surface area (Å²) >= 11 is 0. The molecule has 0 fully saturated rings. The molecule has 0 saturated heterocycles. The highest BCUT2D eigenvalue weighted by atomic mass is 15.3. The van der Waals surface area contributed by atoms with Crippen LogP contribution in [0.25, 0.3) is 5.69 Å². The van der Waals surface area contributed by atoms with Gasteiger partial charge in [-0.25, -0.2) is 4.68 Å². The summed E-state index contributed by atoms with van der Waals surface area (Å²) in [5.74, 6) is 0.688. The van der Waals surface area contributed by atoms with E-state index in [2.05, 4.69) is 73.1 Å². The van der Waals surface area contributed by atoms with Crippen LogP contribution in [-0.2, 0) is 19.4 Å². The first-order valence-electron chi connectivity index (χ1n) is 8.01. The second-order valence-electron chi connectivity index (χ2n) is 5.94. The molecule has 1 aromatic carbocycles. The van der Waals surface area contributed by atoms with Crippen LogP contribution in [0.4, 0.5) is 0 Å². The van der Waals surface area contributed by atoms with E-state index >= 15 is 0 Å². The van der Waals surface area contributed by atoms with Gasteiger partial charge in [-0.1, -0.05) is 39.8 Å². The summed E-state index contributed by atoms with van der Waals surface area (Å²) in [5, 5.41) is 8.16. The van der Waals surface area contributed by atoms with E-state index in [-0.39, 0.29) is 0 Å². The van der Waals surface area contributed by atoms with Crippen molar-refractivity contribution in [3.8, 4) is 5.69 Å². The Hall–Kier alpha value is -1.61. The van der Waals surface area contributed by atoms with Crippen LogP contribution in [0.1, 0.15) is 44.6 Å². The van der Waals surface area contributed by atoms with E-state index in [4.69, 9.17) is 0 Å². The third-order valence-corrected chi connectivity index (χ3v) is 3.62. The van der Waals surface area contributed by atoms with E-state index in [1.165, 1.54) is 11.3 Å². The fraction of sp³-hybridized carbons (Fsp3) is 0.500. The molecule has 21 heavy (non-hydrogen) atoms. The van der Waals surface area contributed by atoms with Gasteiger partial charge in [-0.05, 0) is 49.1 Å². The van der Waals surface area contributed by atoms with E-state index in [1.54, 1.807) is 0 Å². The lowest BCUT2D eigenvalue weighted by Gasteiger charge is -2.09. The molecule has 2 aromatic rings. The molecule has 2 rings (SSSR count). The van der Waals surface area contributed by atoms with E-state index in [0.29, 0.717) is 5.92 Å². The van der Waals surface area contributed by atoms with Crippen LogP contribution in [-0.4, -0.2) is 16.3 Å².